The molecular weight excluding hydrogens is 318 g/mol. The number of aliphatic imine (C=N–C) groups is 2. The number of hydrogen-bond acceptors (Lipinski definition) is 6. The fraction of sp³-hybridized carbons (Fsp3) is 0.526. The molecule has 3 unspecified atom stereocenters. The van der Waals surface area contributed by atoms with Crippen molar-refractivity contribution in [1.29, 1.82) is 0 Å². The van der Waals surface area contributed by atoms with E-state index in [4.69, 9.17) is 14.2 Å². The maximum absolute atomic E-state index is 6.15. The maximum atomic E-state index is 6.15. The molecule has 0 amide bonds. The van der Waals surface area contributed by atoms with Gasteiger partial charge in [-0.05, 0) is 30.6 Å². The highest BCUT2D eigenvalue weighted by molar-refractivity contribution is 5.97. The average molecular weight is 339 g/mol. The van der Waals surface area contributed by atoms with Crippen LogP contribution in [0.25, 0.3) is 0 Å². The Morgan fingerprint density at radius 2 is 1.68 bits per heavy atom. The lowest BCUT2D eigenvalue weighted by molar-refractivity contribution is 0.227. The Hall–Kier alpha value is -2.37. The molecule has 25 heavy (non-hydrogen) atoms. The molecule has 1 fully saturated rings. The number of aromatic nitrogens is 1. The standard InChI is InChI=1S/C19H21N3O3/c1-2-13-7-12(1)8-14(13)11-25-15-9-16(18-20-3-5-23-18)22-17(10-15)19-21-4-6-24-19/h1-2,9-10,12-14H,3-8,11H2. The average Bonchev–Trinajstić information content (AvgIpc) is 3.44. The number of pyridine rings is 1. The molecule has 1 aromatic heterocycles. The molecule has 3 atom stereocenters. The first kappa shape index (κ1) is 14.9. The van der Waals surface area contributed by atoms with Crippen molar-refractivity contribution in [2.45, 2.75) is 12.8 Å². The molecule has 0 aromatic carbocycles. The summed E-state index contributed by atoms with van der Waals surface area (Å²) in [7, 11) is 0. The van der Waals surface area contributed by atoms with Gasteiger partial charge in [0, 0.05) is 12.1 Å². The third kappa shape index (κ3) is 2.90. The maximum Gasteiger partial charge on any atom is 0.235 e. The van der Waals surface area contributed by atoms with E-state index in [0.717, 1.165) is 18.3 Å². The molecule has 0 saturated heterocycles. The van der Waals surface area contributed by atoms with Crippen molar-refractivity contribution in [2.75, 3.05) is 32.9 Å². The molecule has 0 spiro atoms. The van der Waals surface area contributed by atoms with Crippen LogP contribution in [0.5, 0.6) is 5.75 Å². The Labute approximate surface area is 146 Å². The minimum Gasteiger partial charge on any atom is -0.493 e. The Morgan fingerprint density at radius 1 is 0.960 bits per heavy atom. The number of nitrogens with zero attached hydrogens (tertiary/aromatic N) is 3. The van der Waals surface area contributed by atoms with Gasteiger partial charge in [-0.1, -0.05) is 12.2 Å². The van der Waals surface area contributed by atoms with E-state index in [1.807, 2.05) is 12.1 Å². The molecule has 4 aliphatic rings. The van der Waals surface area contributed by atoms with Gasteiger partial charge in [0.2, 0.25) is 11.8 Å². The normalized spacial score (nSPS) is 29.4. The number of ether oxygens (including phenoxy) is 3. The molecule has 1 saturated carbocycles. The fourth-order valence-electron chi connectivity index (χ4n) is 4.08. The minimum atomic E-state index is 0.577. The highest BCUT2D eigenvalue weighted by Crippen LogP contribution is 2.43. The van der Waals surface area contributed by atoms with E-state index in [-0.39, 0.29) is 0 Å². The van der Waals surface area contributed by atoms with E-state index < -0.39 is 0 Å². The van der Waals surface area contributed by atoms with Crippen molar-refractivity contribution in [3.8, 4) is 5.75 Å². The first-order valence-electron chi connectivity index (χ1n) is 9.03. The van der Waals surface area contributed by atoms with Crippen LogP contribution in [0.2, 0.25) is 0 Å². The van der Waals surface area contributed by atoms with Crippen LogP contribution in [0.4, 0.5) is 0 Å². The van der Waals surface area contributed by atoms with E-state index >= 15 is 0 Å². The number of rotatable bonds is 5. The molecule has 2 aliphatic carbocycles. The summed E-state index contributed by atoms with van der Waals surface area (Å²) in [6.45, 7) is 3.28. The van der Waals surface area contributed by atoms with E-state index in [9.17, 15) is 0 Å². The van der Waals surface area contributed by atoms with Gasteiger partial charge in [0.05, 0.1) is 19.7 Å². The van der Waals surface area contributed by atoms with Gasteiger partial charge in [-0.3, -0.25) is 0 Å². The molecule has 3 heterocycles. The second kappa shape index (κ2) is 6.17. The van der Waals surface area contributed by atoms with Crippen molar-refractivity contribution in [3.05, 3.63) is 35.7 Å². The van der Waals surface area contributed by atoms with Crippen molar-refractivity contribution < 1.29 is 14.2 Å². The van der Waals surface area contributed by atoms with Crippen LogP contribution in [0.15, 0.2) is 34.3 Å². The van der Waals surface area contributed by atoms with E-state index in [2.05, 4.69) is 27.1 Å². The van der Waals surface area contributed by atoms with Crippen LogP contribution in [-0.4, -0.2) is 49.7 Å². The minimum absolute atomic E-state index is 0.577. The van der Waals surface area contributed by atoms with E-state index in [0.29, 0.717) is 61.3 Å². The molecule has 5 rings (SSSR count). The monoisotopic (exact) mass is 339 g/mol. The first-order valence-corrected chi connectivity index (χ1v) is 9.03. The quantitative estimate of drug-likeness (QED) is 0.772. The highest BCUT2D eigenvalue weighted by atomic mass is 16.5. The summed E-state index contributed by atoms with van der Waals surface area (Å²) in [5.74, 6) is 3.97. The second-order valence-corrected chi connectivity index (χ2v) is 7.00. The van der Waals surface area contributed by atoms with Crippen LogP contribution in [0.3, 0.4) is 0 Å². The van der Waals surface area contributed by atoms with Crippen molar-refractivity contribution in [1.82, 2.24) is 4.98 Å². The molecule has 6 heteroatoms. The summed E-state index contributed by atoms with van der Waals surface area (Å²) in [5.41, 5.74) is 1.38. The molecule has 0 N–H and O–H groups in total. The van der Waals surface area contributed by atoms with Crippen LogP contribution in [0, 0.1) is 17.8 Å². The lowest BCUT2D eigenvalue weighted by atomic mass is 9.95. The smallest absolute Gasteiger partial charge is 0.235 e. The molecule has 2 aliphatic heterocycles. The fourth-order valence-corrected chi connectivity index (χ4v) is 4.08. The van der Waals surface area contributed by atoms with Gasteiger partial charge in [-0.2, -0.15) is 0 Å². The van der Waals surface area contributed by atoms with E-state index in [1.54, 1.807) is 0 Å². The van der Waals surface area contributed by atoms with Crippen LogP contribution in [-0.2, 0) is 9.47 Å². The van der Waals surface area contributed by atoms with Gasteiger partial charge in [-0.15, -0.1) is 0 Å². The largest absolute Gasteiger partial charge is 0.493 e. The molecule has 130 valence electrons. The lowest BCUT2D eigenvalue weighted by Crippen LogP contribution is -2.17. The van der Waals surface area contributed by atoms with E-state index in [1.165, 1.54) is 12.8 Å². The van der Waals surface area contributed by atoms with Gasteiger partial charge in [0.25, 0.3) is 0 Å². The van der Waals surface area contributed by atoms with Crippen LogP contribution in [0.1, 0.15) is 24.2 Å². The van der Waals surface area contributed by atoms with Gasteiger partial charge in [0.15, 0.2) is 0 Å². The number of allylic oxidation sites excluding steroid dienone is 2. The zero-order valence-corrected chi connectivity index (χ0v) is 14.1. The third-order valence-corrected chi connectivity index (χ3v) is 5.29. The topological polar surface area (TPSA) is 65.3 Å². The summed E-state index contributed by atoms with van der Waals surface area (Å²) in [6.07, 6.45) is 7.23. The molecule has 2 bridgehead atoms. The van der Waals surface area contributed by atoms with Gasteiger partial charge < -0.3 is 14.2 Å². The predicted molar refractivity (Wildman–Crippen MR) is 93.3 cm³/mol. The lowest BCUT2D eigenvalue weighted by Gasteiger charge is -2.19. The van der Waals surface area contributed by atoms with Gasteiger partial charge in [0.1, 0.15) is 30.4 Å². The number of hydrogen-bond donors (Lipinski definition) is 0. The molecule has 6 nitrogen and oxygen atoms in total. The zero-order valence-electron chi connectivity index (χ0n) is 14.1. The van der Waals surface area contributed by atoms with Crippen LogP contribution < -0.4 is 4.74 Å². The molecule has 0 radical (unpaired) electrons. The third-order valence-electron chi connectivity index (χ3n) is 5.29. The molecular formula is C19H21N3O3. The zero-order chi connectivity index (χ0) is 16.6. The Balaban J connectivity index is 1.38. The van der Waals surface area contributed by atoms with Crippen molar-refractivity contribution >= 4 is 11.8 Å². The summed E-state index contributed by atoms with van der Waals surface area (Å²) < 4.78 is 17.3. The first-order chi connectivity index (χ1) is 12.3. The summed E-state index contributed by atoms with van der Waals surface area (Å²) in [5, 5.41) is 0. The SMILES string of the molecule is C1=CC2CC1CC2COc1cc(C2=NCCO2)nc(C2=NCCO2)c1. The summed E-state index contributed by atoms with van der Waals surface area (Å²) in [4.78, 5) is 13.4. The predicted octanol–water partition coefficient (Wildman–Crippen LogP) is 2.23. The summed E-state index contributed by atoms with van der Waals surface area (Å²) >= 11 is 0. The van der Waals surface area contributed by atoms with Crippen molar-refractivity contribution in [2.24, 2.45) is 27.7 Å². The van der Waals surface area contributed by atoms with Crippen LogP contribution >= 0.6 is 0 Å². The highest BCUT2D eigenvalue weighted by Gasteiger charge is 2.36. The Bertz CT molecular complexity index is 729. The number of fused-ring (bicyclic) bond motifs is 2. The van der Waals surface area contributed by atoms with Crippen molar-refractivity contribution in [3.63, 3.8) is 0 Å². The summed E-state index contributed by atoms with van der Waals surface area (Å²) in [6, 6.07) is 3.82. The Kier molecular flexibility index (Phi) is 3.68. The van der Waals surface area contributed by atoms with Gasteiger partial charge >= 0.3 is 0 Å². The second-order valence-electron chi connectivity index (χ2n) is 7.00. The van der Waals surface area contributed by atoms with Gasteiger partial charge in [-0.25, -0.2) is 15.0 Å². The Morgan fingerprint density at radius 3 is 2.20 bits per heavy atom. The molecule has 1 aromatic rings.